The zero-order valence-corrected chi connectivity index (χ0v) is 10.6. The molecule has 1 aromatic rings. The first-order valence-electron chi connectivity index (χ1n) is 6.30. The highest BCUT2D eigenvalue weighted by Gasteiger charge is 2.34. The number of hydrazine groups is 1. The highest BCUT2D eigenvalue weighted by Crippen LogP contribution is 2.34. The predicted molar refractivity (Wildman–Crippen MR) is 66.6 cm³/mol. The third kappa shape index (κ3) is 3.22. The van der Waals surface area contributed by atoms with Crippen molar-refractivity contribution < 1.29 is 23.1 Å². The second kappa shape index (κ2) is 5.70. The molecule has 1 aromatic carbocycles. The quantitative estimate of drug-likeness (QED) is 0.748. The normalized spacial score (nSPS) is 22.6. The highest BCUT2D eigenvalue weighted by molar-refractivity contribution is 5.81. The van der Waals surface area contributed by atoms with Gasteiger partial charge in [-0.2, -0.15) is 13.2 Å². The molecule has 0 spiro atoms. The molecule has 1 saturated carbocycles. The van der Waals surface area contributed by atoms with Crippen LogP contribution in [0.15, 0.2) is 24.3 Å². The molecule has 0 aliphatic heterocycles. The van der Waals surface area contributed by atoms with Gasteiger partial charge in [0.2, 0.25) is 5.91 Å². The number of rotatable bonds is 3. The maximum atomic E-state index is 12.7. The molecule has 2 atom stereocenters. The maximum absolute atomic E-state index is 12.7. The average Bonchev–Trinajstić information content (AvgIpc) is 2.81. The number of carbonyl (C=O) groups is 1. The van der Waals surface area contributed by atoms with Crippen molar-refractivity contribution in [1.82, 2.24) is 5.43 Å². The van der Waals surface area contributed by atoms with Crippen LogP contribution in [0.1, 0.15) is 24.8 Å². The Hall–Kier alpha value is -1.76. The third-order valence-corrected chi connectivity index (χ3v) is 3.37. The summed E-state index contributed by atoms with van der Waals surface area (Å²) >= 11 is 0. The van der Waals surface area contributed by atoms with E-state index >= 15 is 0 Å². The van der Waals surface area contributed by atoms with Crippen molar-refractivity contribution in [1.29, 1.82) is 0 Å². The summed E-state index contributed by atoms with van der Waals surface area (Å²) in [6, 6.07) is 4.87. The number of nitrogens with one attached hydrogen (secondary N) is 2. The minimum absolute atomic E-state index is 0.221. The van der Waals surface area contributed by atoms with Crippen LogP contribution in [-0.2, 0) is 11.0 Å². The monoisotopic (exact) mass is 288 g/mol. The van der Waals surface area contributed by atoms with Crippen LogP contribution >= 0.6 is 0 Å². The number of aliphatic hydroxyl groups excluding tert-OH is 1. The second-order valence-electron chi connectivity index (χ2n) is 4.76. The summed E-state index contributed by atoms with van der Waals surface area (Å²) in [7, 11) is 0. The molecule has 0 aromatic heterocycles. The van der Waals surface area contributed by atoms with Crippen LogP contribution in [0.25, 0.3) is 0 Å². The summed E-state index contributed by atoms with van der Waals surface area (Å²) in [5, 5.41) is 9.57. The fourth-order valence-corrected chi connectivity index (χ4v) is 2.31. The summed E-state index contributed by atoms with van der Waals surface area (Å²) in [4.78, 5) is 11.8. The first-order valence-corrected chi connectivity index (χ1v) is 6.30. The molecule has 7 heteroatoms. The van der Waals surface area contributed by atoms with Crippen LogP contribution in [-0.4, -0.2) is 17.1 Å². The minimum Gasteiger partial charge on any atom is -0.392 e. The summed E-state index contributed by atoms with van der Waals surface area (Å²) in [5.74, 6) is -1.06. The number of benzene rings is 1. The smallest absolute Gasteiger partial charge is 0.392 e. The number of para-hydroxylation sites is 1. The zero-order valence-electron chi connectivity index (χ0n) is 10.6. The van der Waals surface area contributed by atoms with Gasteiger partial charge >= 0.3 is 6.18 Å². The van der Waals surface area contributed by atoms with E-state index in [1.54, 1.807) is 0 Å². The lowest BCUT2D eigenvalue weighted by molar-refractivity contribution is -0.137. The third-order valence-electron chi connectivity index (χ3n) is 3.37. The Balaban J connectivity index is 2.03. The molecule has 0 bridgehead atoms. The number of hydrogen-bond donors (Lipinski definition) is 3. The Morgan fingerprint density at radius 2 is 1.95 bits per heavy atom. The molecule has 20 heavy (non-hydrogen) atoms. The number of hydrogen-bond acceptors (Lipinski definition) is 3. The number of alkyl halides is 3. The number of anilines is 1. The van der Waals surface area contributed by atoms with E-state index in [1.165, 1.54) is 18.2 Å². The van der Waals surface area contributed by atoms with Gasteiger partial charge in [0.1, 0.15) is 0 Å². The number of aliphatic hydroxyl groups is 1. The van der Waals surface area contributed by atoms with Gasteiger partial charge in [0, 0.05) is 0 Å². The zero-order chi connectivity index (χ0) is 14.8. The molecule has 1 aliphatic rings. The first kappa shape index (κ1) is 14.6. The van der Waals surface area contributed by atoms with Crippen molar-refractivity contribution in [2.45, 2.75) is 31.5 Å². The lowest BCUT2D eigenvalue weighted by atomic mass is 10.1. The largest absolute Gasteiger partial charge is 0.418 e. The van der Waals surface area contributed by atoms with E-state index in [0.717, 1.165) is 12.5 Å². The lowest BCUT2D eigenvalue weighted by Gasteiger charge is -2.18. The van der Waals surface area contributed by atoms with Crippen molar-refractivity contribution in [3.63, 3.8) is 0 Å². The highest BCUT2D eigenvalue weighted by atomic mass is 19.4. The van der Waals surface area contributed by atoms with Gasteiger partial charge in [-0.25, -0.2) is 0 Å². The van der Waals surface area contributed by atoms with Gasteiger partial charge in [-0.1, -0.05) is 12.1 Å². The van der Waals surface area contributed by atoms with Crippen molar-refractivity contribution in [2.24, 2.45) is 5.92 Å². The van der Waals surface area contributed by atoms with Gasteiger partial charge < -0.3 is 5.11 Å². The van der Waals surface area contributed by atoms with E-state index in [2.05, 4.69) is 10.9 Å². The maximum Gasteiger partial charge on any atom is 0.418 e. The van der Waals surface area contributed by atoms with E-state index in [-0.39, 0.29) is 5.69 Å². The van der Waals surface area contributed by atoms with Crippen molar-refractivity contribution in [3.8, 4) is 0 Å². The molecular formula is C13H15F3N2O2. The lowest BCUT2D eigenvalue weighted by Crippen LogP contribution is -2.38. The molecule has 0 radical (unpaired) electrons. The van der Waals surface area contributed by atoms with Crippen molar-refractivity contribution in [2.75, 3.05) is 5.43 Å². The first-order chi connectivity index (χ1) is 9.39. The van der Waals surface area contributed by atoms with Gasteiger partial charge in [-0.05, 0) is 31.4 Å². The minimum atomic E-state index is -4.50. The van der Waals surface area contributed by atoms with Gasteiger partial charge in [-0.15, -0.1) is 0 Å². The van der Waals surface area contributed by atoms with Crippen LogP contribution in [0.4, 0.5) is 18.9 Å². The van der Waals surface area contributed by atoms with E-state index in [0.29, 0.717) is 12.8 Å². The van der Waals surface area contributed by atoms with E-state index in [4.69, 9.17) is 0 Å². The van der Waals surface area contributed by atoms with Crippen LogP contribution < -0.4 is 10.9 Å². The molecule has 0 heterocycles. The molecular weight excluding hydrogens is 273 g/mol. The van der Waals surface area contributed by atoms with Gasteiger partial charge in [0.15, 0.2) is 0 Å². The fraction of sp³-hybridized carbons (Fsp3) is 0.462. The fourth-order valence-electron chi connectivity index (χ4n) is 2.31. The Labute approximate surface area is 114 Å². The molecule has 110 valence electrons. The Morgan fingerprint density at radius 3 is 2.55 bits per heavy atom. The molecule has 1 fully saturated rings. The molecule has 0 saturated heterocycles. The predicted octanol–water partition coefficient (Wildman–Crippen LogP) is 2.31. The van der Waals surface area contributed by atoms with Crippen LogP contribution in [0.2, 0.25) is 0 Å². The molecule has 1 aliphatic carbocycles. The topological polar surface area (TPSA) is 61.4 Å². The molecule has 2 rings (SSSR count). The van der Waals surface area contributed by atoms with E-state index in [9.17, 15) is 23.1 Å². The molecule has 2 unspecified atom stereocenters. The van der Waals surface area contributed by atoms with Gasteiger partial charge in [-0.3, -0.25) is 15.6 Å². The molecule has 4 nitrogen and oxygen atoms in total. The van der Waals surface area contributed by atoms with Crippen molar-refractivity contribution in [3.05, 3.63) is 29.8 Å². The summed E-state index contributed by atoms with van der Waals surface area (Å²) < 4.78 is 38.2. The Kier molecular flexibility index (Phi) is 4.17. The van der Waals surface area contributed by atoms with Crippen LogP contribution in [0.3, 0.4) is 0 Å². The van der Waals surface area contributed by atoms with Gasteiger partial charge in [0.25, 0.3) is 0 Å². The summed E-state index contributed by atoms with van der Waals surface area (Å²) in [6.45, 7) is 0. The SMILES string of the molecule is O=C(NNc1ccccc1C(F)(F)F)C1CCCC1O. The van der Waals surface area contributed by atoms with Crippen LogP contribution in [0.5, 0.6) is 0 Å². The summed E-state index contributed by atoms with van der Waals surface area (Å²) in [6.07, 6.45) is -3.42. The number of carbonyl (C=O) groups excluding carboxylic acids is 1. The second-order valence-corrected chi connectivity index (χ2v) is 4.76. The van der Waals surface area contributed by atoms with Crippen molar-refractivity contribution >= 4 is 11.6 Å². The molecule has 3 N–H and O–H groups in total. The number of halogens is 3. The average molecular weight is 288 g/mol. The summed E-state index contributed by atoms with van der Waals surface area (Å²) in [5.41, 5.74) is 3.45. The van der Waals surface area contributed by atoms with Crippen LogP contribution in [0, 0.1) is 5.92 Å². The Morgan fingerprint density at radius 1 is 1.25 bits per heavy atom. The van der Waals surface area contributed by atoms with E-state index < -0.39 is 29.7 Å². The number of amides is 1. The molecule has 1 amide bonds. The Bertz CT molecular complexity index is 491. The van der Waals surface area contributed by atoms with E-state index in [1.807, 2.05) is 0 Å². The van der Waals surface area contributed by atoms with Gasteiger partial charge in [0.05, 0.1) is 23.3 Å². The standard InChI is InChI=1S/C13H15F3N2O2/c14-13(15,16)9-5-1-2-6-10(9)17-18-12(20)8-4-3-7-11(8)19/h1-2,5-6,8,11,17,19H,3-4,7H2,(H,18,20).